The molecule has 0 aliphatic carbocycles. The van der Waals surface area contributed by atoms with Gasteiger partial charge in [0.2, 0.25) is 0 Å². The summed E-state index contributed by atoms with van der Waals surface area (Å²) in [4.78, 5) is 35.9. The number of benzene rings is 2. The summed E-state index contributed by atoms with van der Waals surface area (Å²) in [7, 11) is 2.91. The highest BCUT2D eigenvalue weighted by Crippen LogP contribution is 2.25. The van der Waals surface area contributed by atoms with E-state index in [-0.39, 0.29) is 11.3 Å². The Morgan fingerprint density at radius 2 is 1.63 bits per heavy atom. The van der Waals surface area contributed by atoms with Crippen LogP contribution in [0.4, 0.5) is 5.69 Å². The van der Waals surface area contributed by atoms with Gasteiger partial charge in [0.15, 0.2) is 11.9 Å². The van der Waals surface area contributed by atoms with Crippen molar-refractivity contribution < 1.29 is 28.6 Å². The van der Waals surface area contributed by atoms with Crippen molar-refractivity contribution in [3.8, 4) is 11.5 Å². The molecule has 0 spiro atoms. The normalized spacial score (nSPS) is 11.3. The lowest BCUT2D eigenvalue weighted by Crippen LogP contribution is -2.30. The van der Waals surface area contributed by atoms with Crippen molar-refractivity contribution in [1.29, 1.82) is 0 Å². The molecule has 0 heterocycles. The lowest BCUT2D eigenvalue weighted by atomic mass is 10.1. The Morgan fingerprint density at radius 1 is 0.963 bits per heavy atom. The van der Waals surface area contributed by atoms with E-state index in [1.54, 1.807) is 36.4 Å². The summed E-state index contributed by atoms with van der Waals surface area (Å²) < 4.78 is 15.5. The average Bonchev–Trinajstić information content (AvgIpc) is 2.67. The van der Waals surface area contributed by atoms with Crippen LogP contribution in [0.5, 0.6) is 11.5 Å². The van der Waals surface area contributed by atoms with Crippen LogP contribution in [0.2, 0.25) is 0 Å². The minimum absolute atomic E-state index is 0.0672. The van der Waals surface area contributed by atoms with Crippen LogP contribution in [0.25, 0.3) is 0 Å². The largest absolute Gasteiger partial charge is 0.497 e. The van der Waals surface area contributed by atoms with E-state index in [2.05, 4.69) is 5.32 Å². The number of ether oxygens (including phenoxy) is 3. The van der Waals surface area contributed by atoms with Gasteiger partial charge in [-0.1, -0.05) is 0 Å². The van der Waals surface area contributed by atoms with Gasteiger partial charge in [0.25, 0.3) is 5.91 Å². The molecule has 0 fully saturated rings. The molecular formula is C20H21NO6. The molecular weight excluding hydrogens is 350 g/mol. The van der Waals surface area contributed by atoms with Crippen LogP contribution in [0.1, 0.15) is 34.6 Å². The van der Waals surface area contributed by atoms with Crippen molar-refractivity contribution >= 4 is 23.3 Å². The van der Waals surface area contributed by atoms with E-state index in [0.29, 0.717) is 22.7 Å². The van der Waals surface area contributed by atoms with Gasteiger partial charge in [0.05, 0.1) is 14.2 Å². The molecule has 0 bridgehead atoms. The molecule has 0 unspecified atom stereocenters. The van der Waals surface area contributed by atoms with Crippen molar-refractivity contribution in [2.75, 3.05) is 19.5 Å². The molecule has 0 aromatic heterocycles. The monoisotopic (exact) mass is 371 g/mol. The van der Waals surface area contributed by atoms with Crippen LogP contribution in [0.3, 0.4) is 0 Å². The van der Waals surface area contributed by atoms with E-state index in [1.165, 1.54) is 34.1 Å². The van der Waals surface area contributed by atoms with Crippen LogP contribution in [-0.2, 0) is 9.53 Å². The van der Waals surface area contributed by atoms with Gasteiger partial charge < -0.3 is 19.5 Å². The molecule has 1 atom stereocenters. The van der Waals surface area contributed by atoms with Crippen molar-refractivity contribution in [3.05, 3.63) is 53.6 Å². The van der Waals surface area contributed by atoms with Gasteiger partial charge in [-0.05, 0) is 56.3 Å². The Bertz CT molecular complexity index is 844. The van der Waals surface area contributed by atoms with Crippen LogP contribution in [-0.4, -0.2) is 38.0 Å². The maximum absolute atomic E-state index is 12.4. The molecule has 0 aliphatic heterocycles. The summed E-state index contributed by atoms with van der Waals surface area (Å²) in [6.45, 7) is 2.92. The van der Waals surface area contributed by atoms with Crippen LogP contribution < -0.4 is 14.8 Å². The first kappa shape index (κ1) is 20.0. The number of amides is 1. The fraction of sp³-hybridized carbons (Fsp3) is 0.250. The fourth-order valence-electron chi connectivity index (χ4n) is 2.28. The zero-order valence-corrected chi connectivity index (χ0v) is 15.6. The lowest BCUT2D eigenvalue weighted by molar-refractivity contribution is -0.123. The van der Waals surface area contributed by atoms with Crippen molar-refractivity contribution in [1.82, 2.24) is 0 Å². The standard InChI is InChI=1S/C20H21NO6/c1-12(22)14-5-7-15(8-6-14)21-19(23)13(2)27-20(24)17-11-16(25-3)9-10-18(17)26-4/h5-11,13H,1-4H3,(H,21,23)/t13-/m1/s1. The van der Waals surface area contributed by atoms with E-state index in [4.69, 9.17) is 14.2 Å². The predicted molar refractivity (Wildman–Crippen MR) is 99.5 cm³/mol. The third-order valence-corrected chi connectivity index (χ3v) is 3.84. The highest BCUT2D eigenvalue weighted by molar-refractivity contribution is 5.99. The number of anilines is 1. The summed E-state index contributed by atoms with van der Waals surface area (Å²) >= 11 is 0. The summed E-state index contributed by atoms with van der Waals surface area (Å²) in [6, 6.07) is 11.1. The van der Waals surface area contributed by atoms with Gasteiger partial charge in [0, 0.05) is 11.3 Å². The van der Waals surface area contributed by atoms with Gasteiger partial charge in [-0.25, -0.2) is 4.79 Å². The molecule has 27 heavy (non-hydrogen) atoms. The highest BCUT2D eigenvalue weighted by Gasteiger charge is 2.22. The van der Waals surface area contributed by atoms with E-state index >= 15 is 0 Å². The van der Waals surface area contributed by atoms with Gasteiger partial charge in [-0.3, -0.25) is 9.59 Å². The van der Waals surface area contributed by atoms with Crippen LogP contribution in [0.15, 0.2) is 42.5 Å². The summed E-state index contributed by atoms with van der Waals surface area (Å²) in [5.74, 6) is -0.498. The van der Waals surface area contributed by atoms with Crippen molar-refractivity contribution in [3.63, 3.8) is 0 Å². The maximum atomic E-state index is 12.4. The number of carbonyl (C=O) groups excluding carboxylic acids is 3. The molecule has 142 valence electrons. The second kappa shape index (κ2) is 8.84. The molecule has 1 N–H and O–H groups in total. The molecule has 7 heteroatoms. The van der Waals surface area contributed by atoms with E-state index in [1.807, 2.05) is 0 Å². The molecule has 7 nitrogen and oxygen atoms in total. The van der Waals surface area contributed by atoms with E-state index in [0.717, 1.165) is 0 Å². The lowest BCUT2D eigenvalue weighted by Gasteiger charge is -2.15. The Balaban J connectivity index is 2.05. The zero-order chi connectivity index (χ0) is 20.0. The Kier molecular flexibility index (Phi) is 6.54. The number of rotatable bonds is 7. The minimum Gasteiger partial charge on any atom is -0.497 e. The first-order valence-corrected chi connectivity index (χ1v) is 8.20. The number of nitrogens with one attached hydrogen (secondary N) is 1. The van der Waals surface area contributed by atoms with Gasteiger partial charge in [-0.2, -0.15) is 0 Å². The van der Waals surface area contributed by atoms with E-state index < -0.39 is 18.0 Å². The zero-order valence-electron chi connectivity index (χ0n) is 15.6. The van der Waals surface area contributed by atoms with Crippen molar-refractivity contribution in [2.45, 2.75) is 20.0 Å². The van der Waals surface area contributed by atoms with Crippen LogP contribution >= 0.6 is 0 Å². The van der Waals surface area contributed by atoms with Gasteiger partial charge in [0.1, 0.15) is 17.1 Å². The predicted octanol–water partition coefficient (Wildman–Crippen LogP) is 3.09. The maximum Gasteiger partial charge on any atom is 0.342 e. The van der Waals surface area contributed by atoms with Crippen molar-refractivity contribution in [2.24, 2.45) is 0 Å². The highest BCUT2D eigenvalue weighted by atomic mass is 16.5. The second-order valence-electron chi connectivity index (χ2n) is 5.74. The molecule has 1 amide bonds. The van der Waals surface area contributed by atoms with Crippen LogP contribution in [0, 0.1) is 0 Å². The quantitative estimate of drug-likeness (QED) is 0.594. The number of methoxy groups -OCH3 is 2. The third kappa shape index (κ3) is 5.07. The number of carbonyl (C=O) groups is 3. The van der Waals surface area contributed by atoms with E-state index in [9.17, 15) is 14.4 Å². The smallest absolute Gasteiger partial charge is 0.342 e. The number of Topliss-reactive ketones (excluding diaryl/α,β-unsaturated/α-hetero) is 1. The summed E-state index contributed by atoms with van der Waals surface area (Å²) in [5, 5.41) is 2.63. The number of esters is 1. The number of ketones is 1. The minimum atomic E-state index is -1.04. The third-order valence-electron chi connectivity index (χ3n) is 3.84. The second-order valence-corrected chi connectivity index (χ2v) is 5.74. The molecule has 2 aromatic rings. The molecule has 0 saturated carbocycles. The van der Waals surface area contributed by atoms with Gasteiger partial charge >= 0.3 is 5.97 Å². The molecule has 0 aliphatic rings. The average molecular weight is 371 g/mol. The van der Waals surface area contributed by atoms with Gasteiger partial charge in [-0.15, -0.1) is 0 Å². The first-order chi connectivity index (χ1) is 12.8. The summed E-state index contributed by atoms with van der Waals surface area (Å²) in [5.41, 5.74) is 1.19. The topological polar surface area (TPSA) is 90.9 Å². The Hall–Kier alpha value is -3.35. The first-order valence-electron chi connectivity index (χ1n) is 8.20. The molecule has 0 radical (unpaired) electrons. The molecule has 2 rings (SSSR count). The Morgan fingerprint density at radius 3 is 2.19 bits per heavy atom. The Labute approximate surface area is 157 Å². The number of hydrogen-bond acceptors (Lipinski definition) is 6. The SMILES string of the molecule is COc1ccc(OC)c(C(=O)O[C@H](C)C(=O)Nc2ccc(C(C)=O)cc2)c1. The molecule has 0 saturated heterocycles. The molecule has 2 aromatic carbocycles. The summed E-state index contributed by atoms with van der Waals surface area (Å²) in [6.07, 6.45) is -1.04. The number of hydrogen-bond donors (Lipinski definition) is 1. The fourth-order valence-corrected chi connectivity index (χ4v) is 2.28.